The molecular formula is C7H12OS. The van der Waals surface area contributed by atoms with Crippen LogP contribution in [0.15, 0.2) is 12.2 Å². The van der Waals surface area contributed by atoms with Crippen molar-refractivity contribution >= 4 is 17.7 Å². The first kappa shape index (κ1) is 8.76. The number of thiol groups is 1. The van der Waals surface area contributed by atoms with Gasteiger partial charge in [-0.3, -0.25) is 4.79 Å². The lowest BCUT2D eigenvalue weighted by Gasteiger charge is -1.69. The molecule has 0 aromatic rings. The lowest BCUT2D eigenvalue weighted by atomic mass is 10.4. The molecule has 1 aliphatic rings. The van der Waals surface area contributed by atoms with Crippen molar-refractivity contribution in [1.82, 2.24) is 0 Å². The summed E-state index contributed by atoms with van der Waals surface area (Å²) in [4.78, 5) is 9.31. The van der Waals surface area contributed by atoms with Crippen LogP contribution < -0.4 is 0 Å². The van der Waals surface area contributed by atoms with E-state index in [0.29, 0.717) is 0 Å². The molecule has 0 unspecified atom stereocenters. The van der Waals surface area contributed by atoms with Gasteiger partial charge in [0.05, 0.1) is 0 Å². The van der Waals surface area contributed by atoms with E-state index in [9.17, 15) is 4.79 Å². The molecule has 0 saturated carbocycles. The maximum absolute atomic E-state index is 9.31. The van der Waals surface area contributed by atoms with E-state index in [1.807, 2.05) is 0 Å². The molecule has 0 atom stereocenters. The van der Waals surface area contributed by atoms with Crippen LogP contribution in [0.1, 0.15) is 26.2 Å². The lowest BCUT2D eigenvalue weighted by molar-refractivity contribution is -0.108. The standard InChI is InChI=1S/C5H8.C2H4OS/c1-2-4-5-3-1;1-2(3)4/h1-2H,3-5H2;1H3,(H,3,4). The Morgan fingerprint density at radius 2 is 1.78 bits per heavy atom. The molecule has 0 fully saturated rings. The van der Waals surface area contributed by atoms with Gasteiger partial charge in [0.2, 0.25) is 0 Å². The summed E-state index contributed by atoms with van der Waals surface area (Å²) >= 11 is 3.33. The van der Waals surface area contributed by atoms with Gasteiger partial charge in [-0.05, 0) is 19.3 Å². The summed E-state index contributed by atoms with van der Waals surface area (Å²) in [6.45, 7) is 1.39. The molecule has 0 radical (unpaired) electrons. The molecule has 0 amide bonds. The number of hydrogen-bond donors (Lipinski definition) is 1. The van der Waals surface area contributed by atoms with E-state index in [1.54, 1.807) is 0 Å². The van der Waals surface area contributed by atoms with Crippen LogP contribution in [0.25, 0.3) is 0 Å². The summed E-state index contributed by atoms with van der Waals surface area (Å²) in [7, 11) is 0. The second-order valence-corrected chi connectivity index (χ2v) is 2.55. The van der Waals surface area contributed by atoms with Gasteiger partial charge in [0.1, 0.15) is 0 Å². The first-order chi connectivity index (χ1) is 4.23. The minimum atomic E-state index is -0.139. The number of hydrogen-bond acceptors (Lipinski definition) is 1. The minimum absolute atomic E-state index is 0.139. The third kappa shape index (κ3) is 11.4. The van der Waals surface area contributed by atoms with Gasteiger partial charge < -0.3 is 0 Å². The second-order valence-electron chi connectivity index (χ2n) is 1.92. The molecule has 0 spiro atoms. The van der Waals surface area contributed by atoms with Crippen LogP contribution in [0.5, 0.6) is 0 Å². The predicted molar refractivity (Wildman–Crippen MR) is 42.7 cm³/mol. The molecule has 52 valence electrons. The van der Waals surface area contributed by atoms with Crippen molar-refractivity contribution in [2.75, 3.05) is 0 Å². The molecule has 1 aliphatic carbocycles. The smallest absolute Gasteiger partial charge is 0.182 e. The molecule has 2 heteroatoms. The summed E-state index contributed by atoms with van der Waals surface area (Å²) < 4.78 is 0. The quantitative estimate of drug-likeness (QED) is 0.407. The first-order valence-electron chi connectivity index (χ1n) is 3.08. The largest absolute Gasteiger partial charge is 0.288 e. The third-order valence-corrected chi connectivity index (χ3v) is 0.908. The Labute approximate surface area is 61.6 Å². The summed E-state index contributed by atoms with van der Waals surface area (Å²) in [5.74, 6) is 0. The molecule has 1 rings (SSSR count). The van der Waals surface area contributed by atoms with Crippen molar-refractivity contribution < 1.29 is 4.79 Å². The Hall–Kier alpha value is -0.240. The molecule has 0 aromatic heterocycles. The monoisotopic (exact) mass is 144 g/mol. The van der Waals surface area contributed by atoms with E-state index in [0.717, 1.165) is 0 Å². The Bertz CT molecular complexity index is 97.5. The fourth-order valence-corrected chi connectivity index (χ4v) is 0.589. The molecule has 9 heavy (non-hydrogen) atoms. The molecule has 0 saturated heterocycles. The molecule has 0 bridgehead atoms. The van der Waals surface area contributed by atoms with Crippen molar-refractivity contribution in [2.24, 2.45) is 0 Å². The zero-order chi connectivity index (χ0) is 7.11. The zero-order valence-electron chi connectivity index (χ0n) is 5.63. The van der Waals surface area contributed by atoms with Crippen molar-refractivity contribution in [3.63, 3.8) is 0 Å². The summed E-state index contributed by atoms with van der Waals surface area (Å²) in [6, 6.07) is 0. The minimum Gasteiger partial charge on any atom is -0.288 e. The summed E-state index contributed by atoms with van der Waals surface area (Å²) in [6.07, 6.45) is 8.50. The van der Waals surface area contributed by atoms with Gasteiger partial charge in [-0.15, -0.1) is 12.6 Å². The van der Waals surface area contributed by atoms with Crippen LogP contribution >= 0.6 is 12.6 Å². The normalized spacial score (nSPS) is 14.4. The first-order valence-corrected chi connectivity index (χ1v) is 3.52. The van der Waals surface area contributed by atoms with E-state index >= 15 is 0 Å². The van der Waals surface area contributed by atoms with E-state index < -0.39 is 0 Å². The summed E-state index contributed by atoms with van der Waals surface area (Å²) in [5.41, 5.74) is 0. The Balaban J connectivity index is 0.000000148. The van der Waals surface area contributed by atoms with Gasteiger partial charge >= 0.3 is 0 Å². The van der Waals surface area contributed by atoms with E-state index in [4.69, 9.17) is 0 Å². The third-order valence-electron chi connectivity index (χ3n) is 0.908. The van der Waals surface area contributed by atoms with Gasteiger partial charge in [0, 0.05) is 6.92 Å². The van der Waals surface area contributed by atoms with Crippen molar-refractivity contribution in [1.29, 1.82) is 0 Å². The highest BCUT2D eigenvalue weighted by atomic mass is 32.1. The number of rotatable bonds is 0. The number of carbonyl (C=O) groups excluding carboxylic acids is 1. The van der Waals surface area contributed by atoms with Crippen LogP contribution in [0, 0.1) is 0 Å². The van der Waals surface area contributed by atoms with E-state index in [-0.39, 0.29) is 5.12 Å². The van der Waals surface area contributed by atoms with E-state index in [1.165, 1.54) is 26.2 Å². The Kier molecular flexibility index (Phi) is 5.73. The van der Waals surface area contributed by atoms with Crippen LogP contribution in [0.3, 0.4) is 0 Å². The van der Waals surface area contributed by atoms with Gasteiger partial charge in [-0.25, -0.2) is 0 Å². The topological polar surface area (TPSA) is 17.1 Å². The maximum Gasteiger partial charge on any atom is 0.182 e. The predicted octanol–water partition coefficient (Wildman–Crippen LogP) is 2.19. The highest BCUT2D eigenvalue weighted by molar-refractivity contribution is 7.96. The molecule has 0 N–H and O–H groups in total. The Morgan fingerprint density at radius 1 is 1.44 bits per heavy atom. The second kappa shape index (κ2) is 5.89. The van der Waals surface area contributed by atoms with Gasteiger partial charge in [0.25, 0.3) is 0 Å². The summed E-state index contributed by atoms with van der Waals surface area (Å²) in [5, 5.41) is -0.139. The average Bonchev–Trinajstić information content (AvgIpc) is 2.11. The fraction of sp³-hybridized carbons (Fsp3) is 0.571. The van der Waals surface area contributed by atoms with E-state index in [2.05, 4.69) is 24.8 Å². The van der Waals surface area contributed by atoms with Crippen LogP contribution in [0.4, 0.5) is 0 Å². The van der Waals surface area contributed by atoms with Crippen molar-refractivity contribution in [3.8, 4) is 0 Å². The molecule has 0 aromatic carbocycles. The highest BCUT2D eigenvalue weighted by Gasteiger charge is 1.84. The Morgan fingerprint density at radius 3 is 1.89 bits per heavy atom. The molecular weight excluding hydrogens is 132 g/mol. The molecule has 1 nitrogen and oxygen atoms in total. The van der Waals surface area contributed by atoms with Crippen molar-refractivity contribution in [2.45, 2.75) is 26.2 Å². The number of carbonyl (C=O) groups is 1. The number of allylic oxidation sites excluding steroid dienone is 2. The van der Waals surface area contributed by atoms with Crippen LogP contribution in [0.2, 0.25) is 0 Å². The zero-order valence-corrected chi connectivity index (χ0v) is 6.53. The molecule has 0 heterocycles. The maximum atomic E-state index is 9.31. The van der Waals surface area contributed by atoms with Gasteiger partial charge in [-0.2, -0.15) is 0 Å². The SMILES string of the molecule is C1=CCCC1.CC(=O)S. The van der Waals surface area contributed by atoms with Gasteiger partial charge in [0.15, 0.2) is 5.12 Å². The highest BCUT2D eigenvalue weighted by Crippen LogP contribution is 2.05. The average molecular weight is 144 g/mol. The lowest BCUT2D eigenvalue weighted by Crippen LogP contribution is -1.62. The molecule has 0 aliphatic heterocycles. The fourth-order valence-electron chi connectivity index (χ4n) is 0.589. The van der Waals surface area contributed by atoms with Crippen LogP contribution in [-0.2, 0) is 4.79 Å². The van der Waals surface area contributed by atoms with Gasteiger partial charge in [-0.1, -0.05) is 12.2 Å². The van der Waals surface area contributed by atoms with Crippen LogP contribution in [-0.4, -0.2) is 5.12 Å². The van der Waals surface area contributed by atoms with Crippen molar-refractivity contribution in [3.05, 3.63) is 12.2 Å².